The highest BCUT2D eigenvalue weighted by Crippen LogP contribution is 2.29. The minimum Gasteiger partial charge on any atom is -0.339 e. The highest BCUT2D eigenvalue weighted by Gasteiger charge is 2.28. The fourth-order valence-electron chi connectivity index (χ4n) is 4.75. The topological polar surface area (TPSA) is 88.3 Å². The summed E-state index contributed by atoms with van der Waals surface area (Å²) in [5.41, 5.74) is 6.06. The van der Waals surface area contributed by atoms with Crippen molar-refractivity contribution in [3.8, 4) is 11.4 Å². The Balaban J connectivity index is 1.20. The van der Waals surface area contributed by atoms with Crippen molar-refractivity contribution in [2.75, 3.05) is 18.4 Å². The van der Waals surface area contributed by atoms with Gasteiger partial charge in [0.25, 0.3) is 11.8 Å². The zero-order valence-electron chi connectivity index (χ0n) is 21.3. The van der Waals surface area contributed by atoms with Crippen molar-refractivity contribution in [2.45, 2.75) is 39.5 Å². The Morgan fingerprint density at radius 2 is 1.65 bits per heavy atom. The molecule has 0 unspecified atom stereocenters. The molecule has 3 aromatic carbocycles. The fraction of sp³-hybridized carbons (Fsp3) is 0.267. The van der Waals surface area contributed by atoms with Gasteiger partial charge in [0, 0.05) is 41.4 Å². The van der Waals surface area contributed by atoms with Gasteiger partial charge < -0.3 is 14.7 Å². The Morgan fingerprint density at radius 1 is 0.919 bits per heavy atom. The molecule has 0 radical (unpaired) electrons. The summed E-state index contributed by atoms with van der Waals surface area (Å²) in [4.78, 5) is 32.1. The number of piperidine rings is 1. The minimum atomic E-state index is -0.167. The molecule has 1 fully saturated rings. The van der Waals surface area contributed by atoms with E-state index >= 15 is 0 Å². The van der Waals surface area contributed by atoms with Crippen LogP contribution < -0.4 is 5.32 Å². The number of aromatic nitrogens is 2. The van der Waals surface area contributed by atoms with Gasteiger partial charge in [-0.2, -0.15) is 4.98 Å². The number of nitrogens with zero attached hydrogens (tertiary/aromatic N) is 3. The standard InChI is InChI=1S/C30H30N4O3/c1-19-8-13-26(21(3)18-19)31-28(35)23-11-9-22(10-12-23)27-32-29(37-33-27)24-14-16-34(17-15-24)30(36)25-7-5-4-6-20(25)2/h4-13,18,24H,14-17H2,1-3H3,(H,31,35). The molecule has 0 aliphatic carbocycles. The van der Waals surface area contributed by atoms with Crippen molar-refractivity contribution in [2.24, 2.45) is 0 Å². The molecule has 5 rings (SSSR count). The van der Waals surface area contributed by atoms with Gasteiger partial charge in [0.15, 0.2) is 0 Å². The first kappa shape index (κ1) is 24.4. The first-order valence-electron chi connectivity index (χ1n) is 12.6. The lowest BCUT2D eigenvalue weighted by molar-refractivity contribution is 0.0703. The zero-order chi connectivity index (χ0) is 25.9. The molecular formula is C30H30N4O3. The molecule has 0 spiro atoms. The van der Waals surface area contributed by atoms with Gasteiger partial charge >= 0.3 is 0 Å². The van der Waals surface area contributed by atoms with Crippen molar-refractivity contribution < 1.29 is 14.1 Å². The summed E-state index contributed by atoms with van der Waals surface area (Å²) in [6.45, 7) is 7.27. The SMILES string of the molecule is Cc1ccc(NC(=O)c2ccc(-c3noc(C4CCN(C(=O)c5ccccc5C)CC4)n3)cc2)c(C)c1. The first-order valence-corrected chi connectivity index (χ1v) is 12.6. The second kappa shape index (κ2) is 10.4. The van der Waals surface area contributed by atoms with E-state index in [0.29, 0.717) is 30.4 Å². The molecule has 188 valence electrons. The lowest BCUT2D eigenvalue weighted by atomic mass is 9.96. The van der Waals surface area contributed by atoms with Gasteiger partial charge in [-0.05, 0) is 69.0 Å². The number of benzene rings is 3. The molecule has 1 N–H and O–H groups in total. The number of nitrogens with one attached hydrogen (secondary N) is 1. The highest BCUT2D eigenvalue weighted by atomic mass is 16.5. The number of rotatable bonds is 5. The lowest BCUT2D eigenvalue weighted by Crippen LogP contribution is -2.38. The summed E-state index contributed by atoms with van der Waals surface area (Å²) in [6.07, 6.45) is 1.55. The van der Waals surface area contributed by atoms with Crippen LogP contribution in [-0.2, 0) is 0 Å². The Labute approximate surface area is 216 Å². The summed E-state index contributed by atoms with van der Waals surface area (Å²) in [5, 5.41) is 7.14. The summed E-state index contributed by atoms with van der Waals surface area (Å²) in [5.74, 6) is 1.11. The van der Waals surface area contributed by atoms with E-state index in [2.05, 4.69) is 15.5 Å². The Hall–Kier alpha value is -4.26. The van der Waals surface area contributed by atoms with Gasteiger partial charge in [-0.3, -0.25) is 9.59 Å². The van der Waals surface area contributed by atoms with E-state index in [1.807, 2.05) is 80.3 Å². The van der Waals surface area contributed by atoms with Gasteiger partial charge in [0.2, 0.25) is 11.7 Å². The van der Waals surface area contributed by atoms with Crippen LogP contribution in [0.1, 0.15) is 62.1 Å². The third-order valence-electron chi connectivity index (χ3n) is 6.98. The number of anilines is 1. The van der Waals surface area contributed by atoms with Crippen molar-refractivity contribution in [1.82, 2.24) is 15.0 Å². The molecule has 7 heteroatoms. The number of aryl methyl sites for hydroxylation is 3. The maximum Gasteiger partial charge on any atom is 0.255 e. The van der Waals surface area contributed by atoms with Crippen LogP contribution in [0.25, 0.3) is 11.4 Å². The predicted octanol–water partition coefficient (Wildman–Crippen LogP) is 5.93. The monoisotopic (exact) mass is 494 g/mol. The van der Waals surface area contributed by atoms with Crippen LogP contribution in [0.4, 0.5) is 5.69 Å². The molecule has 4 aromatic rings. The lowest BCUT2D eigenvalue weighted by Gasteiger charge is -2.30. The van der Waals surface area contributed by atoms with Crippen LogP contribution in [0.2, 0.25) is 0 Å². The second-order valence-electron chi connectivity index (χ2n) is 9.69. The van der Waals surface area contributed by atoms with Gasteiger partial charge in [-0.1, -0.05) is 53.2 Å². The molecule has 7 nitrogen and oxygen atoms in total. The predicted molar refractivity (Wildman–Crippen MR) is 143 cm³/mol. The summed E-state index contributed by atoms with van der Waals surface area (Å²) in [7, 11) is 0. The van der Waals surface area contributed by atoms with Gasteiger partial charge in [0.05, 0.1) is 0 Å². The number of hydrogen-bond acceptors (Lipinski definition) is 5. The van der Waals surface area contributed by atoms with Crippen LogP contribution in [-0.4, -0.2) is 39.9 Å². The van der Waals surface area contributed by atoms with Crippen LogP contribution in [0.5, 0.6) is 0 Å². The van der Waals surface area contributed by atoms with Crippen LogP contribution in [0, 0.1) is 20.8 Å². The summed E-state index contributed by atoms with van der Waals surface area (Å²) >= 11 is 0. The minimum absolute atomic E-state index is 0.0735. The van der Waals surface area contributed by atoms with Gasteiger partial charge in [-0.15, -0.1) is 0 Å². The Morgan fingerprint density at radius 3 is 2.35 bits per heavy atom. The molecule has 37 heavy (non-hydrogen) atoms. The number of carbonyl (C=O) groups excluding carboxylic acids is 2. The maximum absolute atomic E-state index is 12.9. The van der Waals surface area contributed by atoms with E-state index in [1.54, 1.807) is 12.1 Å². The van der Waals surface area contributed by atoms with Crippen molar-refractivity contribution in [3.63, 3.8) is 0 Å². The quantitative estimate of drug-likeness (QED) is 0.371. The van der Waals surface area contributed by atoms with Crippen LogP contribution in [0.3, 0.4) is 0 Å². The van der Waals surface area contributed by atoms with Crippen LogP contribution in [0.15, 0.2) is 71.3 Å². The molecule has 1 aromatic heterocycles. The number of likely N-dealkylation sites (tertiary alicyclic amines) is 1. The molecule has 2 amide bonds. The highest BCUT2D eigenvalue weighted by molar-refractivity contribution is 6.04. The number of carbonyl (C=O) groups is 2. The largest absolute Gasteiger partial charge is 0.339 e. The average Bonchev–Trinajstić information content (AvgIpc) is 3.41. The molecule has 1 saturated heterocycles. The van der Waals surface area contributed by atoms with Crippen molar-refractivity contribution in [1.29, 1.82) is 0 Å². The molecule has 1 aliphatic heterocycles. The maximum atomic E-state index is 12.9. The molecule has 1 aliphatic rings. The van der Waals surface area contributed by atoms with E-state index in [-0.39, 0.29) is 17.7 Å². The van der Waals surface area contributed by atoms with Gasteiger partial charge in [-0.25, -0.2) is 0 Å². The fourth-order valence-corrected chi connectivity index (χ4v) is 4.75. The van der Waals surface area contributed by atoms with Crippen LogP contribution >= 0.6 is 0 Å². The van der Waals surface area contributed by atoms with Crippen molar-refractivity contribution >= 4 is 17.5 Å². The van der Waals surface area contributed by atoms with E-state index in [9.17, 15) is 9.59 Å². The van der Waals surface area contributed by atoms with E-state index < -0.39 is 0 Å². The van der Waals surface area contributed by atoms with E-state index in [4.69, 9.17) is 4.52 Å². The Bertz CT molecular complexity index is 1430. The summed E-state index contributed by atoms with van der Waals surface area (Å²) < 4.78 is 5.59. The normalized spacial score (nSPS) is 14.0. The van der Waals surface area contributed by atoms with E-state index in [0.717, 1.165) is 46.3 Å². The third-order valence-corrected chi connectivity index (χ3v) is 6.98. The van der Waals surface area contributed by atoms with E-state index in [1.165, 1.54) is 0 Å². The molecule has 0 atom stereocenters. The average molecular weight is 495 g/mol. The number of hydrogen-bond donors (Lipinski definition) is 1. The summed E-state index contributed by atoms with van der Waals surface area (Å²) in [6, 6.07) is 20.8. The zero-order valence-corrected chi connectivity index (χ0v) is 21.3. The molecule has 2 heterocycles. The smallest absolute Gasteiger partial charge is 0.255 e. The molecular weight excluding hydrogens is 464 g/mol. The number of amides is 2. The molecule has 0 saturated carbocycles. The van der Waals surface area contributed by atoms with Gasteiger partial charge in [0.1, 0.15) is 0 Å². The van der Waals surface area contributed by atoms with Crippen molar-refractivity contribution in [3.05, 3.63) is 100 Å². The molecule has 0 bridgehead atoms. The Kier molecular flexibility index (Phi) is 6.86. The first-order chi connectivity index (χ1) is 17.9. The second-order valence-corrected chi connectivity index (χ2v) is 9.69. The third kappa shape index (κ3) is 5.31.